The van der Waals surface area contributed by atoms with Crippen LogP contribution in [0.3, 0.4) is 0 Å². The van der Waals surface area contributed by atoms with E-state index in [2.05, 4.69) is 35.3 Å². The van der Waals surface area contributed by atoms with E-state index in [-0.39, 0.29) is 23.9 Å². The number of amides is 1. The van der Waals surface area contributed by atoms with E-state index < -0.39 is 0 Å². The van der Waals surface area contributed by atoms with Crippen LogP contribution in [0.25, 0.3) is 0 Å². The third-order valence-corrected chi connectivity index (χ3v) is 5.96. The van der Waals surface area contributed by atoms with Crippen molar-refractivity contribution in [3.63, 3.8) is 0 Å². The Labute approximate surface area is 164 Å². The summed E-state index contributed by atoms with van der Waals surface area (Å²) in [6, 6.07) is 16.1. The van der Waals surface area contributed by atoms with Gasteiger partial charge in [-0.05, 0) is 54.7 Å². The maximum Gasteiger partial charge on any atom is 0.223 e. The van der Waals surface area contributed by atoms with Crippen molar-refractivity contribution < 1.29 is 4.79 Å². The zero-order chi connectivity index (χ0) is 18.1. The second kappa shape index (κ2) is 7.46. The van der Waals surface area contributed by atoms with Crippen molar-refractivity contribution in [1.82, 2.24) is 4.90 Å². The van der Waals surface area contributed by atoms with E-state index in [9.17, 15) is 4.79 Å². The Morgan fingerprint density at radius 3 is 2.42 bits per heavy atom. The Hall–Kier alpha value is -1.77. The normalized spacial score (nSPS) is 25.7. The molecule has 2 aromatic rings. The molecule has 2 nitrogen and oxygen atoms in total. The molecule has 3 atom stereocenters. The number of halogens is 2. The van der Waals surface area contributed by atoms with E-state index in [0.29, 0.717) is 11.4 Å². The molecule has 0 N–H and O–H groups in total. The second-order valence-electron chi connectivity index (χ2n) is 7.07. The van der Waals surface area contributed by atoms with E-state index in [0.717, 1.165) is 29.8 Å². The number of nitrogens with zero attached hydrogens (tertiary/aromatic N) is 1. The van der Waals surface area contributed by atoms with Crippen molar-refractivity contribution in [3.05, 3.63) is 81.9 Å². The van der Waals surface area contributed by atoms with Crippen molar-refractivity contribution in [2.75, 3.05) is 0 Å². The van der Waals surface area contributed by atoms with Crippen LogP contribution < -0.4 is 0 Å². The average molecular weight is 386 g/mol. The molecule has 2 aromatic carbocycles. The summed E-state index contributed by atoms with van der Waals surface area (Å²) in [5, 5.41) is 1.45. The molecule has 2 aliphatic rings. The molecule has 0 aromatic heterocycles. The van der Waals surface area contributed by atoms with Gasteiger partial charge in [0.15, 0.2) is 0 Å². The van der Waals surface area contributed by atoms with Crippen molar-refractivity contribution in [1.29, 1.82) is 0 Å². The van der Waals surface area contributed by atoms with Crippen molar-refractivity contribution >= 4 is 29.1 Å². The van der Waals surface area contributed by atoms with Crippen LogP contribution >= 0.6 is 23.2 Å². The van der Waals surface area contributed by atoms with Gasteiger partial charge < -0.3 is 4.90 Å². The maximum absolute atomic E-state index is 12.9. The van der Waals surface area contributed by atoms with E-state index in [1.54, 1.807) is 0 Å². The predicted molar refractivity (Wildman–Crippen MR) is 107 cm³/mol. The van der Waals surface area contributed by atoms with Gasteiger partial charge in [-0.15, -0.1) is 0 Å². The first-order chi connectivity index (χ1) is 12.6. The molecule has 1 aliphatic heterocycles. The molecule has 0 bridgehead atoms. The lowest BCUT2D eigenvalue weighted by molar-refractivity contribution is -0.139. The summed E-state index contributed by atoms with van der Waals surface area (Å²) in [7, 11) is 0. The number of carbonyl (C=O) groups excluding carboxylic acids is 1. The molecule has 26 heavy (non-hydrogen) atoms. The number of rotatable bonds is 3. The Morgan fingerprint density at radius 1 is 0.923 bits per heavy atom. The van der Waals surface area contributed by atoms with E-state index >= 15 is 0 Å². The molecule has 1 heterocycles. The minimum atomic E-state index is -0.000247. The first-order valence-electron chi connectivity index (χ1n) is 9.12. The van der Waals surface area contributed by atoms with Gasteiger partial charge in [-0.25, -0.2) is 0 Å². The fourth-order valence-electron chi connectivity index (χ4n) is 4.29. The second-order valence-corrected chi connectivity index (χ2v) is 7.94. The molecule has 2 unspecified atom stereocenters. The highest BCUT2D eigenvalue weighted by Crippen LogP contribution is 2.45. The van der Waals surface area contributed by atoms with Crippen LogP contribution in [0.4, 0.5) is 0 Å². The molecule has 4 heteroatoms. The van der Waals surface area contributed by atoms with Gasteiger partial charge in [0.2, 0.25) is 5.91 Å². The minimum absolute atomic E-state index is 0.000247. The summed E-state index contributed by atoms with van der Waals surface area (Å²) < 4.78 is 0. The lowest BCUT2D eigenvalue weighted by Gasteiger charge is -2.44. The van der Waals surface area contributed by atoms with E-state index in [1.165, 1.54) is 5.56 Å². The van der Waals surface area contributed by atoms with Crippen LogP contribution in [0.1, 0.15) is 48.8 Å². The van der Waals surface area contributed by atoms with Gasteiger partial charge >= 0.3 is 0 Å². The number of likely N-dealkylation sites (tertiary alicyclic amines) is 1. The largest absolute Gasteiger partial charge is 0.329 e. The Balaban J connectivity index is 1.80. The standard InChI is InChI=1S/C22H21Cl2NO/c23-17-10-8-15(9-11-17)22-20(16-4-3-5-18(24)14-16)12-13-21(26)25(22)19-6-1-2-7-19/h1,3-6,8-11,14,19-20,22H,2,7,12-13H2/t19?,20?,22-/m1/s1. The summed E-state index contributed by atoms with van der Waals surface area (Å²) in [6.45, 7) is 0. The number of hydrogen-bond acceptors (Lipinski definition) is 1. The van der Waals surface area contributed by atoms with Crippen LogP contribution in [0, 0.1) is 0 Å². The molecule has 0 saturated carbocycles. The van der Waals surface area contributed by atoms with Gasteiger partial charge in [0, 0.05) is 22.4 Å². The topological polar surface area (TPSA) is 20.3 Å². The monoisotopic (exact) mass is 385 g/mol. The Bertz CT molecular complexity index is 830. The highest BCUT2D eigenvalue weighted by molar-refractivity contribution is 6.30. The van der Waals surface area contributed by atoms with Gasteiger partial charge in [-0.2, -0.15) is 0 Å². The van der Waals surface area contributed by atoms with Crippen LogP contribution in [-0.2, 0) is 4.79 Å². The third kappa shape index (κ3) is 3.41. The highest BCUT2D eigenvalue weighted by Gasteiger charge is 2.40. The van der Waals surface area contributed by atoms with Crippen molar-refractivity contribution in [2.45, 2.75) is 43.7 Å². The average Bonchev–Trinajstić information content (AvgIpc) is 3.16. The zero-order valence-corrected chi connectivity index (χ0v) is 16.0. The molecular weight excluding hydrogens is 365 g/mol. The summed E-state index contributed by atoms with van der Waals surface area (Å²) in [4.78, 5) is 15.0. The lowest BCUT2D eigenvalue weighted by atomic mass is 9.79. The Kier molecular flexibility index (Phi) is 5.06. The van der Waals surface area contributed by atoms with Crippen LogP contribution in [0.5, 0.6) is 0 Å². The molecule has 4 rings (SSSR count). The summed E-state index contributed by atoms with van der Waals surface area (Å²) in [5.74, 6) is 0.460. The molecular formula is C22H21Cl2NO. The predicted octanol–water partition coefficient (Wildman–Crippen LogP) is 6.16. The molecule has 1 fully saturated rings. The Morgan fingerprint density at radius 2 is 1.73 bits per heavy atom. The number of piperidine rings is 1. The van der Waals surface area contributed by atoms with Gasteiger partial charge in [0.05, 0.1) is 12.1 Å². The summed E-state index contributed by atoms with van der Waals surface area (Å²) in [5.41, 5.74) is 2.32. The number of hydrogen-bond donors (Lipinski definition) is 0. The van der Waals surface area contributed by atoms with E-state index in [1.807, 2.05) is 30.3 Å². The first-order valence-corrected chi connectivity index (χ1v) is 9.88. The minimum Gasteiger partial charge on any atom is -0.329 e. The quantitative estimate of drug-likeness (QED) is 0.579. The van der Waals surface area contributed by atoms with Gasteiger partial charge in [0.1, 0.15) is 0 Å². The van der Waals surface area contributed by atoms with Crippen molar-refractivity contribution in [3.8, 4) is 0 Å². The molecule has 134 valence electrons. The SMILES string of the molecule is O=C1CCC(c2cccc(Cl)c2)[C@@H](c2ccc(Cl)cc2)N1C1C=CCC1. The highest BCUT2D eigenvalue weighted by atomic mass is 35.5. The summed E-state index contributed by atoms with van der Waals surface area (Å²) >= 11 is 12.4. The molecule has 1 amide bonds. The molecule has 1 saturated heterocycles. The molecule has 1 aliphatic carbocycles. The number of benzene rings is 2. The lowest BCUT2D eigenvalue weighted by Crippen LogP contribution is -2.46. The van der Waals surface area contributed by atoms with Crippen LogP contribution in [-0.4, -0.2) is 16.8 Å². The first kappa shape index (κ1) is 17.6. The number of allylic oxidation sites excluding steroid dienone is 1. The zero-order valence-electron chi connectivity index (χ0n) is 14.4. The summed E-state index contributed by atoms with van der Waals surface area (Å²) in [6.07, 6.45) is 7.80. The van der Waals surface area contributed by atoms with Gasteiger partial charge in [-0.3, -0.25) is 4.79 Å². The fourth-order valence-corrected chi connectivity index (χ4v) is 4.62. The van der Waals surface area contributed by atoms with Crippen molar-refractivity contribution in [2.24, 2.45) is 0 Å². The van der Waals surface area contributed by atoms with Crippen LogP contribution in [0.2, 0.25) is 10.0 Å². The van der Waals surface area contributed by atoms with Crippen LogP contribution in [0.15, 0.2) is 60.7 Å². The smallest absolute Gasteiger partial charge is 0.223 e. The maximum atomic E-state index is 12.9. The van der Waals surface area contributed by atoms with Gasteiger partial charge in [-0.1, -0.05) is 59.6 Å². The van der Waals surface area contributed by atoms with E-state index in [4.69, 9.17) is 23.2 Å². The fraction of sp³-hybridized carbons (Fsp3) is 0.318. The molecule has 0 radical (unpaired) electrons. The van der Waals surface area contributed by atoms with Gasteiger partial charge in [0.25, 0.3) is 0 Å². The molecule has 0 spiro atoms. The third-order valence-electron chi connectivity index (χ3n) is 5.47. The number of carbonyl (C=O) groups is 1.